The predicted octanol–water partition coefficient (Wildman–Crippen LogP) is 2.25. The first-order valence-electron chi connectivity index (χ1n) is 5.96. The van der Waals surface area contributed by atoms with Crippen LogP contribution in [0, 0.1) is 0 Å². The molecule has 0 aliphatic heterocycles. The summed E-state index contributed by atoms with van der Waals surface area (Å²) in [5.41, 5.74) is 3.62. The molecule has 2 aromatic rings. The van der Waals surface area contributed by atoms with Gasteiger partial charge in [0.15, 0.2) is 0 Å². The monoisotopic (exact) mass is 336 g/mol. The van der Waals surface area contributed by atoms with Gasteiger partial charge in [-0.3, -0.25) is 9.78 Å². The first-order chi connectivity index (χ1) is 9.58. The Hall–Kier alpha value is -2.15. The van der Waals surface area contributed by atoms with Gasteiger partial charge in [-0.15, -0.1) is 0 Å². The molecule has 7 heteroatoms. The Balaban J connectivity index is 2.15. The third-order valence-corrected chi connectivity index (χ3v) is 3.01. The third kappa shape index (κ3) is 3.67. The van der Waals surface area contributed by atoms with Gasteiger partial charge in [-0.25, -0.2) is 10.4 Å². The van der Waals surface area contributed by atoms with Crippen molar-refractivity contribution in [2.24, 2.45) is 5.10 Å². The Morgan fingerprint density at radius 1 is 1.50 bits per heavy atom. The van der Waals surface area contributed by atoms with E-state index in [-0.39, 0.29) is 17.3 Å². The molecule has 1 aromatic heterocycles. The minimum Gasteiger partial charge on any atom is -0.507 e. The lowest BCUT2D eigenvalue weighted by atomic mass is 10.2. The molecule has 0 saturated heterocycles. The molecule has 2 rings (SSSR count). The van der Waals surface area contributed by atoms with E-state index in [2.05, 4.69) is 36.4 Å². The Bertz CT molecular complexity index is 697. The maximum atomic E-state index is 11.4. The smallest absolute Gasteiger partial charge is 0.252 e. The molecule has 0 saturated carbocycles. The van der Waals surface area contributed by atoms with Gasteiger partial charge in [0.25, 0.3) is 5.56 Å². The van der Waals surface area contributed by atoms with Crippen LogP contribution in [0.25, 0.3) is 0 Å². The van der Waals surface area contributed by atoms with Crippen molar-refractivity contribution in [3.63, 3.8) is 0 Å². The quantitative estimate of drug-likeness (QED) is 0.590. The number of rotatable bonds is 4. The molecule has 0 fully saturated rings. The highest BCUT2D eigenvalue weighted by atomic mass is 79.9. The number of hydrogen-bond donors (Lipinski definition) is 3. The number of benzene rings is 1. The van der Waals surface area contributed by atoms with E-state index in [1.54, 1.807) is 18.2 Å². The van der Waals surface area contributed by atoms with Crippen molar-refractivity contribution >= 4 is 28.1 Å². The second kappa shape index (κ2) is 6.33. The number of phenols is 1. The molecule has 0 amide bonds. The van der Waals surface area contributed by atoms with Crippen molar-refractivity contribution in [3.05, 3.63) is 50.3 Å². The standard InChI is InChI=1S/C13H13BrN4O2/c1-2-10-6-12(20)17-13(16-10)18-15-7-8-5-9(14)3-4-11(8)19/h3-7,19H,2H2,1H3,(H2,16,17,18,20)/b15-7-. The molecule has 3 N–H and O–H groups in total. The fourth-order valence-corrected chi connectivity index (χ4v) is 1.91. The van der Waals surface area contributed by atoms with Crippen LogP contribution in [0.15, 0.2) is 38.6 Å². The lowest BCUT2D eigenvalue weighted by Gasteiger charge is -2.02. The van der Waals surface area contributed by atoms with E-state index in [9.17, 15) is 9.90 Å². The number of phenolic OH excluding ortho intramolecular Hbond substituents is 1. The Morgan fingerprint density at radius 3 is 3.05 bits per heavy atom. The zero-order valence-corrected chi connectivity index (χ0v) is 12.3. The van der Waals surface area contributed by atoms with Gasteiger partial charge in [0.05, 0.1) is 6.21 Å². The maximum absolute atomic E-state index is 11.4. The molecule has 0 aliphatic carbocycles. The number of aryl methyl sites for hydroxylation is 1. The van der Waals surface area contributed by atoms with Crippen LogP contribution in [-0.2, 0) is 6.42 Å². The lowest BCUT2D eigenvalue weighted by molar-refractivity contribution is 0.474. The average Bonchev–Trinajstić information content (AvgIpc) is 2.42. The van der Waals surface area contributed by atoms with E-state index in [0.29, 0.717) is 17.7 Å². The van der Waals surface area contributed by atoms with E-state index >= 15 is 0 Å². The zero-order valence-electron chi connectivity index (χ0n) is 10.7. The van der Waals surface area contributed by atoms with Crippen LogP contribution in [0.3, 0.4) is 0 Å². The molecule has 0 aliphatic rings. The van der Waals surface area contributed by atoms with E-state index in [0.717, 1.165) is 4.47 Å². The highest BCUT2D eigenvalue weighted by molar-refractivity contribution is 9.10. The number of nitrogens with zero attached hydrogens (tertiary/aromatic N) is 2. The highest BCUT2D eigenvalue weighted by Gasteiger charge is 2.00. The summed E-state index contributed by atoms with van der Waals surface area (Å²) in [6, 6.07) is 6.45. The zero-order chi connectivity index (χ0) is 14.5. The molecule has 0 bridgehead atoms. The summed E-state index contributed by atoms with van der Waals surface area (Å²) in [5.74, 6) is 0.377. The van der Waals surface area contributed by atoms with Crippen molar-refractivity contribution < 1.29 is 5.11 Å². The topological polar surface area (TPSA) is 90.4 Å². The van der Waals surface area contributed by atoms with E-state index < -0.39 is 0 Å². The molecular weight excluding hydrogens is 324 g/mol. The van der Waals surface area contributed by atoms with Gasteiger partial charge in [0.2, 0.25) is 5.95 Å². The second-order valence-corrected chi connectivity index (χ2v) is 4.93. The summed E-state index contributed by atoms with van der Waals surface area (Å²) in [6.45, 7) is 1.91. The number of anilines is 1. The molecule has 0 radical (unpaired) electrons. The molecule has 1 aromatic carbocycles. The van der Waals surface area contributed by atoms with Crippen LogP contribution >= 0.6 is 15.9 Å². The maximum Gasteiger partial charge on any atom is 0.252 e. The fraction of sp³-hybridized carbons (Fsp3) is 0.154. The number of hydrogen-bond acceptors (Lipinski definition) is 5. The molecule has 6 nitrogen and oxygen atoms in total. The number of aromatic amines is 1. The third-order valence-electron chi connectivity index (χ3n) is 2.52. The predicted molar refractivity (Wildman–Crippen MR) is 81.3 cm³/mol. The molecule has 1 heterocycles. The van der Waals surface area contributed by atoms with Gasteiger partial charge in [-0.1, -0.05) is 22.9 Å². The molecule has 0 unspecified atom stereocenters. The Morgan fingerprint density at radius 2 is 2.30 bits per heavy atom. The number of aromatic hydroxyl groups is 1. The molecule has 20 heavy (non-hydrogen) atoms. The Labute approximate surface area is 123 Å². The van der Waals surface area contributed by atoms with E-state index in [1.165, 1.54) is 12.3 Å². The van der Waals surface area contributed by atoms with E-state index in [4.69, 9.17) is 0 Å². The van der Waals surface area contributed by atoms with Crippen LogP contribution in [0.1, 0.15) is 18.2 Å². The summed E-state index contributed by atoms with van der Waals surface area (Å²) < 4.78 is 0.830. The molecule has 104 valence electrons. The number of halogens is 1. The highest BCUT2D eigenvalue weighted by Crippen LogP contribution is 2.19. The van der Waals surface area contributed by atoms with Crippen molar-refractivity contribution in [3.8, 4) is 5.75 Å². The minimum atomic E-state index is -0.236. The van der Waals surface area contributed by atoms with Crippen LogP contribution in [0.5, 0.6) is 5.75 Å². The summed E-state index contributed by atoms with van der Waals surface area (Å²) in [6.07, 6.45) is 2.10. The van der Waals surface area contributed by atoms with Gasteiger partial charge >= 0.3 is 0 Å². The summed E-state index contributed by atoms with van der Waals surface area (Å²) in [7, 11) is 0. The van der Waals surface area contributed by atoms with E-state index in [1.807, 2.05) is 6.92 Å². The SMILES string of the molecule is CCc1cc(=O)[nH]c(N/N=C\c2cc(Br)ccc2O)n1. The number of nitrogens with one attached hydrogen (secondary N) is 2. The number of hydrazone groups is 1. The molecule has 0 atom stereocenters. The lowest BCUT2D eigenvalue weighted by Crippen LogP contribution is -2.11. The molecule has 0 spiro atoms. The Kier molecular flexibility index (Phi) is 4.52. The normalized spacial score (nSPS) is 10.9. The van der Waals surface area contributed by atoms with Crippen molar-refractivity contribution in [1.29, 1.82) is 0 Å². The van der Waals surface area contributed by atoms with Crippen molar-refractivity contribution in [2.75, 3.05) is 5.43 Å². The van der Waals surface area contributed by atoms with Gasteiger partial charge < -0.3 is 5.11 Å². The van der Waals surface area contributed by atoms with Crippen molar-refractivity contribution in [1.82, 2.24) is 9.97 Å². The van der Waals surface area contributed by atoms with Gasteiger partial charge in [-0.2, -0.15) is 5.10 Å². The number of aromatic nitrogens is 2. The van der Waals surface area contributed by atoms with Crippen LogP contribution in [0.4, 0.5) is 5.95 Å². The van der Waals surface area contributed by atoms with Gasteiger partial charge in [0, 0.05) is 21.8 Å². The van der Waals surface area contributed by atoms with Crippen LogP contribution in [0.2, 0.25) is 0 Å². The van der Waals surface area contributed by atoms with Crippen LogP contribution < -0.4 is 11.0 Å². The summed E-state index contributed by atoms with van der Waals surface area (Å²) in [5, 5.41) is 13.6. The number of H-pyrrole nitrogens is 1. The minimum absolute atomic E-state index is 0.113. The summed E-state index contributed by atoms with van der Waals surface area (Å²) >= 11 is 3.31. The first-order valence-corrected chi connectivity index (χ1v) is 6.75. The molecular formula is C13H13BrN4O2. The largest absolute Gasteiger partial charge is 0.507 e. The van der Waals surface area contributed by atoms with Crippen LogP contribution in [-0.4, -0.2) is 21.3 Å². The second-order valence-electron chi connectivity index (χ2n) is 4.01. The van der Waals surface area contributed by atoms with Gasteiger partial charge in [-0.05, 0) is 24.6 Å². The summed E-state index contributed by atoms with van der Waals surface area (Å²) in [4.78, 5) is 18.1. The fourth-order valence-electron chi connectivity index (χ4n) is 1.53. The average molecular weight is 337 g/mol. The first kappa shape index (κ1) is 14.3. The van der Waals surface area contributed by atoms with Crippen molar-refractivity contribution in [2.45, 2.75) is 13.3 Å². The van der Waals surface area contributed by atoms with Gasteiger partial charge in [0.1, 0.15) is 5.75 Å².